The van der Waals surface area contributed by atoms with E-state index in [-0.39, 0.29) is 31.3 Å². The third kappa shape index (κ3) is 3.21. The lowest BCUT2D eigenvalue weighted by atomic mass is 10.0. The third-order valence-corrected chi connectivity index (χ3v) is 5.43. The smallest absolute Gasteiger partial charge is 0.276 e. The van der Waals surface area contributed by atoms with Gasteiger partial charge in [-0.25, -0.2) is 8.78 Å². The third-order valence-electron chi connectivity index (χ3n) is 5.43. The Morgan fingerprint density at radius 2 is 2.04 bits per heavy atom. The maximum atomic E-state index is 13.6. The molecule has 1 aromatic carbocycles. The number of likely N-dealkylation sites (tertiary alicyclic amines) is 1. The summed E-state index contributed by atoms with van der Waals surface area (Å²) in [6.45, 7) is 0.275. The van der Waals surface area contributed by atoms with Crippen molar-refractivity contribution in [1.29, 1.82) is 0 Å². The molecule has 3 aliphatic heterocycles. The highest BCUT2D eigenvalue weighted by molar-refractivity contribution is 6.05. The summed E-state index contributed by atoms with van der Waals surface area (Å²) in [4.78, 5) is 39.2. The summed E-state index contributed by atoms with van der Waals surface area (Å²) in [5.41, 5.74) is 7.49. The molecule has 0 aromatic heterocycles. The summed E-state index contributed by atoms with van der Waals surface area (Å²) in [6, 6.07) is 3.45. The predicted octanol–water partition coefficient (Wildman–Crippen LogP) is 0.226. The number of imide groups is 1. The largest absolute Gasteiger partial charge is 0.322 e. The highest BCUT2D eigenvalue weighted by atomic mass is 19.3. The van der Waals surface area contributed by atoms with Gasteiger partial charge in [0.1, 0.15) is 6.04 Å². The van der Waals surface area contributed by atoms with E-state index < -0.39 is 30.5 Å². The molecule has 4 rings (SSSR count). The normalized spacial score (nSPS) is 27.8. The second kappa shape index (κ2) is 6.35. The number of piperidine rings is 1. The zero-order chi connectivity index (χ0) is 19.3. The van der Waals surface area contributed by atoms with E-state index in [1.165, 1.54) is 4.90 Å². The fraction of sp³-hybridized carbons (Fsp3) is 0.500. The number of benzene rings is 1. The molecule has 27 heavy (non-hydrogen) atoms. The number of hydrogen-bond donors (Lipinski definition) is 2. The Balaban J connectivity index is 1.49. The highest BCUT2D eigenvalue weighted by Gasteiger charge is 2.46. The molecule has 0 saturated carbocycles. The minimum absolute atomic E-state index is 0.0976. The molecule has 2 fully saturated rings. The van der Waals surface area contributed by atoms with Gasteiger partial charge in [0.2, 0.25) is 11.8 Å². The number of carbonyl (C=O) groups excluding carboxylic acids is 3. The van der Waals surface area contributed by atoms with E-state index in [0.717, 1.165) is 11.1 Å². The van der Waals surface area contributed by atoms with Gasteiger partial charge in [0.25, 0.3) is 11.8 Å². The SMILES string of the molecule is NC1CN(Cc2ccc3c(c2)C(=O)N(C2CCC(=O)NC2=O)C3)CC1(F)F. The molecule has 3 amide bonds. The number of fused-ring (bicyclic) bond motifs is 1. The molecule has 3 N–H and O–H groups in total. The molecule has 9 heteroatoms. The Morgan fingerprint density at radius 1 is 1.26 bits per heavy atom. The van der Waals surface area contributed by atoms with Crippen LogP contribution >= 0.6 is 0 Å². The maximum Gasteiger partial charge on any atom is 0.276 e. The Labute approximate surface area is 154 Å². The van der Waals surface area contributed by atoms with Gasteiger partial charge >= 0.3 is 0 Å². The van der Waals surface area contributed by atoms with Gasteiger partial charge in [-0.15, -0.1) is 0 Å². The van der Waals surface area contributed by atoms with E-state index in [0.29, 0.717) is 18.5 Å². The van der Waals surface area contributed by atoms with E-state index in [1.807, 2.05) is 6.07 Å². The van der Waals surface area contributed by atoms with Crippen LogP contribution in [-0.2, 0) is 22.7 Å². The molecule has 0 spiro atoms. The summed E-state index contributed by atoms with van der Waals surface area (Å²) in [5.74, 6) is -3.97. The van der Waals surface area contributed by atoms with Gasteiger partial charge in [0.15, 0.2) is 0 Å². The fourth-order valence-electron chi connectivity index (χ4n) is 3.97. The molecule has 7 nitrogen and oxygen atoms in total. The summed E-state index contributed by atoms with van der Waals surface area (Å²) in [5, 5.41) is 2.26. The molecule has 0 radical (unpaired) electrons. The second-order valence-electron chi connectivity index (χ2n) is 7.43. The van der Waals surface area contributed by atoms with Crippen molar-refractivity contribution in [2.24, 2.45) is 5.73 Å². The number of rotatable bonds is 3. The molecule has 1 aromatic rings. The Bertz CT molecular complexity index is 829. The monoisotopic (exact) mass is 378 g/mol. The van der Waals surface area contributed by atoms with Crippen molar-refractivity contribution in [2.75, 3.05) is 13.1 Å². The van der Waals surface area contributed by atoms with Crippen LogP contribution in [-0.4, -0.2) is 58.6 Å². The van der Waals surface area contributed by atoms with Crippen molar-refractivity contribution in [3.05, 3.63) is 34.9 Å². The van der Waals surface area contributed by atoms with Crippen LogP contribution < -0.4 is 11.1 Å². The van der Waals surface area contributed by atoms with Crippen molar-refractivity contribution >= 4 is 17.7 Å². The number of nitrogens with two attached hydrogens (primary N) is 1. The van der Waals surface area contributed by atoms with Gasteiger partial charge in [-0.05, 0) is 23.6 Å². The molecule has 144 valence electrons. The minimum atomic E-state index is -2.91. The summed E-state index contributed by atoms with van der Waals surface area (Å²) in [7, 11) is 0. The molecule has 2 atom stereocenters. The zero-order valence-electron chi connectivity index (χ0n) is 14.6. The fourth-order valence-corrected chi connectivity index (χ4v) is 3.97. The molecular weight excluding hydrogens is 358 g/mol. The van der Waals surface area contributed by atoms with Crippen LogP contribution in [0.2, 0.25) is 0 Å². The first-order valence-electron chi connectivity index (χ1n) is 8.87. The van der Waals surface area contributed by atoms with Gasteiger partial charge in [0, 0.05) is 31.6 Å². The van der Waals surface area contributed by atoms with Crippen molar-refractivity contribution in [3.63, 3.8) is 0 Å². The zero-order valence-corrected chi connectivity index (χ0v) is 14.6. The second-order valence-corrected chi connectivity index (χ2v) is 7.43. The summed E-state index contributed by atoms with van der Waals surface area (Å²) in [6.07, 6.45) is 0.503. The lowest BCUT2D eigenvalue weighted by molar-refractivity contribution is -0.136. The Morgan fingerprint density at radius 3 is 2.70 bits per heavy atom. The molecule has 2 saturated heterocycles. The number of alkyl halides is 2. The first-order valence-corrected chi connectivity index (χ1v) is 8.87. The van der Waals surface area contributed by atoms with E-state index >= 15 is 0 Å². The van der Waals surface area contributed by atoms with E-state index in [4.69, 9.17) is 5.73 Å². The molecule has 3 heterocycles. The number of amides is 3. The van der Waals surface area contributed by atoms with Crippen LogP contribution in [0.5, 0.6) is 0 Å². The van der Waals surface area contributed by atoms with Gasteiger partial charge in [-0.3, -0.25) is 24.6 Å². The Hall–Kier alpha value is -2.39. The van der Waals surface area contributed by atoms with Crippen molar-refractivity contribution in [3.8, 4) is 0 Å². The van der Waals surface area contributed by atoms with Crippen LogP contribution in [0.25, 0.3) is 0 Å². The van der Waals surface area contributed by atoms with Crippen LogP contribution in [0.15, 0.2) is 18.2 Å². The number of nitrogens with one attached hydrogen (secondary N) is 1. The highest BCUT2D eigenvalue weighted by Crippen LogP contribution is 2.30. The van der Waals surface area contributed by atoms with E-state index in [9.17, 15) is 23.2 Å². The first kappa shape index (κ1) is 18.0. The number of nitrogens with zero attached hydrogens (tertiary/aromatic N) is 2. The standard InChI is InChI=1S/C18H20F2N4O3/c19-18(20)9-23(8-14(18)21)6-10-1-2-11-7-24(17(27)12(11)5-10)13-3-4-15(25)22-16(13)26/h1-2,5,13-14H,3-4,6-9,21H2,(H,22,25,26). The van der Waals surface area contributed by atoms with Crippen LogP contribution in [0, 0.1) is 0 Å². The molecule has 0 aliphatic carbocycles. The van der Waals surface area contributed by atoms with Gasteiger partial charge in [-0.2, -0.15) is 0 Å². The summed E-state index contributed by atoms with van der Waals surface area (Å²) >= 11 is 0. The average molecular weight is 378 g/mol. The van der Waals surface area contributed by atoms with Gasteiger partial charge < -0.3 is 10.6 Å². The minimum Gasteiger partial charge on any atom is -0.322 e. The van der Waals surface area contributed by atoms with Crippen LogP contribution in [0.3, 0.4) is 0 Å². The predicted molar refractivity (Wildman–Crippen MR) is 90.7 cm³/mol. The van der Waals surface area contributed by atoms with Crippen molar-refractivity contribution < 1.29 is 23.2 Å². The number of hydrogen-bond acceptors (Lipinski definition) is 5. The van der Waals surface area contributed by atoms with Crippen LogP contribution in [0.1, 0.15) is 34.3 Å². The molecule has 2 unspecified atom stereocenters. The molecular formula is C18H20F2N4O3. The van der Waals surface area contributed by atoms with E-state index in [1.54, 1.807) is 17.0 Å². The lowest BCUT2D eigenvalue weighted by Gasteiger charge is -2.29. The average Bonchev–Trinajstić information content (AvgIpc) is 3.04. The number of halogens is 2. The first-order chi connectivity index (χ1) is 12.7. The van der Waals surface area contributed by atoms with Crippen LogP contribution in [0.4, 0.5) is 8.78 Å². The van der Waals surface area contributed by atoms with Gasteiger partial charge in [-0.1, -0.05) is 12.1 Å². The van der Waals surface area contributed by atoms with Crippen molar-refractivity contribution in [1.82, 2.24) is 15.1 Å². The summed E-state index contributed by atoms with van der Waals surface area (Å²) < 4.78 is 27.2. The topological polar surface area (TPSA) is 95.7 Å². The number of carbonyl (C=O) groups is 3. The lowest BCUT2D eigenvalue weighted by Crippen LogP contribution is -2.52. The molecule has 0 bridgehead atoms. The molecule has 3 aliphatic rings. The van der Waals surface area contributed by atoms with Crippen molar-refractivity contribution in [2.45, 2.75) is 43.9 Å². The van der Waals surface area contributed by atoms with E-state index in [2.05, 4.69) is 5.32 Å². The van der Waals surface area contributed by atoms with Gasteiger partial charge in [0.05, 0.1) is 12.6 Å². The quantitative estimate of drug-likeness (QED) is 0.734. The maximum absolute atomic E-state index is 13.6. The Kier molecular flexibility index (Phi) is 4.23.